The number of nitrogens with two attached hydrogens (primary N) is 1. The fourth-order valence-electron chi connectivity index (χ4n) is 1.96. The van der Waals surface area contributed by atoms with Crippen LogP contribution in [0.25, 0.3) is 0 Å². The van der Waals surface area contributed by atoms with Crippen molar-refractivity contribution in [2.75, 3.05) is 19.0 Å². The average Bonchev–Trinajstić information content (AvgIpc) is 2.44. The summed E-state index contributed by atoms with van der Waals surface area (Å²) in [6, 6.07) is 12.5. The Morgan fingerprint density at radius 3 is 2.70 bits per heavy atom. The number of nitrogens with one attached hydrogen (secondary N) is 1. The summed E-state index contributed by atoms with van der Waals surface area (Å²) in [5.74, 6) is -0.161. The third-order valence-corrected chi connectivity index (χ3v) is 3.47. The minimum atomic E-state index is -0.389. The Labute approximate surface area is 126 Å². The normalized spacial score (nSPS) is 12.0. The van der Waals surface area contributed by atoms with Gasteiger partial charge >= 0.3 is 0 Å². The van der Waals surface area contributed by atoms with Crippen molar-refractivity contribution < 1.29 is 9.13 Å². The standard InChI is InChI=1S/C15H16BrFN2O/c1-20-15-6-5-10(7-13(15)17)14(9-18)19-12-4-2-3-11(16)8-12/h2-8,14,19H,9,18H2,1H3. The number of halogens is 2. The van der Waals surface area contributed by atoms with Gasteiger partial charge in [0.25, 0.3) is 0 Å². The first-order valence-corrected chi connectivity index (χ1v) is 6.99. The third-order valence-electron chi connectivity index (χ3n) is 2.98. The summed E-state index contributed by atoms with van der Waals surface area (Å²) >= 11 is 3.41. The van der Waals surface area contributed by atoms with Crippen molar-refractivity contribution in [1.82, 2.24) is 0 Å². The number of hydrogen-bond acceptors (Lipinski definition) is 3. The van der Waals surface area contributed by atoms with E-state index in [0.717, 1.165) is 15.7 Å². The number of methoxy groups -OCH3 is 1. The molecule has 5 heteroatoms. The SMILES string of the molecule is COc1ccc(C(CN)Nc2cccc(Br)c2)cc1F. The first-order valence-electron chi connectivity index (χ1n) is 6.19. The van der Waals surface area contributed by atoms with E-state index in [0.29, 0.717) is 6.54 Å². The van der Waals surface area contributed by atoms with Gasteiger partial charge in [-0.1, -0.05) is 28.1 Å². The van der Waals surface area contributed by atoms with E-state index in [1.54, 1.807) is 6.07 Å². The maximum Gasteiger partial charge on any atom is 0.165 e. The molecule has 1 atom stereocenters. The second-order valence-corrected chi connectivity index (χ2v) is 5.25. The zero-order chi connectivity index (χ0) is 14.5. The second-order valence-electron chi connectivity index (χ2n) is 4.34. The van der Waals surface area contributed by atoms with Gasteiger partial charge < -0.3 is 15.8 Å². The minimum Gasteiger partial charge on any atom is -0.494 e. The smallest absolute Gasteiger partial charge is 0.165 e. The molecule has 2 aromatic rings. The van der Waals surface area contributed by atoms with Crippen molar-refractivity contribution in [2.24, 2.45) is 5.73 Å². The molecule has 2 aromatic carbocycles. The second kappa shape index (κ2) is 6.72. The number of anilines is 1. The summed E-state index contributed by atoms with van der Waals surface area (Å²) < 4.78 is 19.6. The van der Waals surface area contributed by atoms with E-state index in [1.165, 1.54) is 13.2 Å². The van der Waals surface area contributed by atoms with E-state index in [9.17, 15) is 4.39 Å². The predicted octanol–water partition coefficient (Wildman–Crippen LogP) is 3.71. The zero-order valence-electron chi connectivity index (χ0n) is 11.1. The van der Waals surface area contributed by atoms with Gasteiger partial charge in [0.05, 0.1) is 13.2 Å². The van der Waals surface area contributed by atoms with Crippen LogP contribution in [0.3, 0.4) is 0 Å². The van der Waals surface area contributed by atoms with Crippen LogP contribution < -0.4 is 15.8 Å². The maximum atomic E-state index is 13.7. The molecule has 0 spiro atoms. The average molecular weight is 339 g/mol. The number of rotatable bonds is 5. The number of hydrogen-bond donors (Lipinski definition) is 2. The fraction of sp³-hybridized carbons (Fsp3) is 0.200. The van der Waals surface area contributed by atoms with Crippen LogP contribution >= 0.6 is 15.9 Å². The number of ether oxygens (including phenoxy) is 1. The topological polar surface area (TPSA) is 47.3 Å². The van der Waals surface area contributed by atoms with E-state index in [2.05, 4.69) is 21.2 Å². The fourth-order valence-corrected chi connectivity index (χ4v) is 2.36. The number of benzene rings is 2. The van der Waals surface area contributed by atoms with Gasteiger partial charge in [0.15, 0.2) is 11.6 Å². The van der Waals surface area contributed by atoms with Crippen LogP contribution in [0, 0.1) is 5.82 Å². The van der Waals surface area contributed by atoms with Crippen LogP contribution in [-0.4, -0.2) is 13.7 Å². The van der Waals surface area contributed by atoms with Crippen LogP contribution in [0.2, 0.25) is 0 Å². The molecule has 0 saturated heterocycles. The largest absolute Gasteiger partial charge is 0.494 e. The molecule has 106 valence electrons. The van der Waals surface area contributed by atoms with Crippen molar-refractivity contribution in [1.29, 1.82) is 0 Å². The third kappa shape index (κ3) is 3.49. The van der Waals surface area contributed by atoms with E-state index in [1.807, 2.05) is 30.3 Å². The molecule has 0 saturated carbocycles. The molecule has 0 aromatic heterocycles. The highest BCUT2D eigenvalue weighted by molar-refractivity contribution is 9.10. The summed E-state index contributed by atoms with van der Waals surface area (Å²) in [6.45, 7) is 0.359. The van der Waals surface area contributed by atoms with Crippen LogP contribution in [0.15, 0.2) is 46.9 Å². The lowest BCUT2D eigenvalue weighted by Gasteiger charge is -2.19. The molecular weight excluding hydrogens is 323 g/mol. The van der Waals surface area contributed by atoms with Crippen LogP contribution in [0.5, 0.6) is 5.75 Å². The predicted molar refractivity (Wildman–Crippen MR) is 82.5 cm³/mol. The Morgan fingerprint density at radius 2 is 2.10 bits per heavy atom. The lowest BCUT2D eigenvalue weighted by atomic mass is 10.1. The lowest BCUT2D eigenvalue weighted by Crippen LogP contribution is -2.20. The van der Waals surface area contributed by atoms with Crippen molar-refractivity contribution in [2.45, 2.75) is 6.04 Å². The van der Waals surface area contributed by atoms with Gasteiger partial charge in [0.1, 0.15) is 0 Å². The van der Waals surface area contributed by atoms with Crippen molar-refractivity contribution >= 4 is 21.6 Å². The van der Waals surface area contributed by atoms with Gasteiger partial charge in [-0.15, -0.1) is 0 Å². The molecule has 0 heterocycles. The van der Waals surface area contributed by atoms with Crippen molar-refractivity contribution in [3.05, 3.63) is 58.3 Å². The van der Waals surface area contributed by atoms with Crippen LogP contribution in [0.1, 0.15) is 11.6 Å². The highest BCUT2D eigenvalue weighted by Crippen LogP contribution is 2.25. The molecule has 0 aliphatic carbocycles. The summed E-state index contributed by atoms with van der Waals surface area (Å²) in [7, 11) is 1.44. The summed E-state index contributed by atoms with van der Waals surface area (Å²) in [6.07, 6.45) is 0. The molecule has 20 heavy (non-hydrogen) atoms. The molecule has 0 radical (unpaired) electrons. The quantitative estimate of drug-likeness (QED) is 0.873. The zero-order valence-corrected chi connectivity index (χ0v) is 12.7. The van der Waals surface area contributed by atoms with Gasteiger partial charge in [-0.05, 0) is 35.9 Å². The highest BCUT2D eigenvalue weighted by atomic mass is 79.9. The molecule has 0 aliphatic rings. The van der Waals surface area contributed by atoms with E-state index in [-0.39, 0.29) is 17.6 Å². The van der Waals surface area contributed by atoms with E-state index < -0.39 is 0 Å². The van der Waals surface area contributed by atoms with Crippen LogP contribution in [0.4, 0.5) is 10.1 Å². The minimum absolute atomic E-state index is 0.162. The van der Waals surface area contributed by atoms with Crippen molar-refractivity contribution in [3.8, 4) is 5.75 Å². The lowest BCUT2D eigenvalue weighted by molar-refractivity contribution is 0.386. The molecule has 3 N–H and O–H groups in total. The summed E-state index contributed by atoms with van der Waals surface area (Å²) in [4.78, 5) is 0. The molecule has 0 bridgehead atoms. The molecule has 0 amide bonds. The van der Waals surface area contributed by atoms with Gasteiger partial charge in [0, 0.05) is 16.7 Å². The molecule has 2 rings (SSSR count). The van der Waals surface area contributed by atoms with Gasteiger partial charge in [-0.3, -0.25) is 0 Å². The summed E-state index contributed by atoms with van der Waals surface area (Å²) in [5, 5.41) is 3.29. The molecule has 0 fully saturated rings. The van der Waals surface area contributed by atoms with Gasteiger partial charge in [0.2, 0.25) is 0 Å². The monoisotopic (exact) mass is 338 g/mol. The molecule has 1 unspecified atom stereocenters. The first-order chi connectivity index (χ1) is 9.63. The summed E-state index contributed by atoms with van der Waals surface area (Å²) in [5.41, 5.74) is 7.49. The maximum absolute atomic E-state index is 13.7. The Bertz CT molecular complexity index is 592. The molecule has 0 aliphatic heterocycles. The molecule has 3 nitrogen and oxygen atoms in total. The van der Waals surface area contributed by atoms with Gasteiger partial charge in [-0.25, -0.2) is 4.39 Å². The first kappa shape index (κ1) is 14.8. The Hall–Kier alpha value is -1.59. The highest BCUT2D eigenvalue weighted by Gasteiger charge is 2.12. The van der Waals surface area contributed by atoms with Crippen LogP contribution in [-0.2, 0) is 0 Å². The molecular formula is C15H16BrFN2O. The Morgan fingerprint density at radius 1 is 1.30 bits per heavy atom. The van der Waals surface area contributed by atoms with Gasteiger partial charge in [-0.2, -0.15) is 0 Å². The Kier molecular flexibility index (Phi) is 4.98. The van der Waals surface area contributed by atoms with E-state index >= 15 is 0 Å². The Balaban J connectivity index is 2.22. The van der Waals surface area contributed by atoms with Crippen molar-refractivity contribution in [3.63, 3.8) is 0 Å². The van der Waals surface area contributed by atoms with E-state index in [4.69, 9.17) is 10.5 Å².